The molecule has 0 radical (unpaired) electrons. The van der Waals surface area contributed by atoms with Gasteiger partial charge in [-0.05, 0) is 52.1 Å². The van der Waals surface area contributed by atoms with E-state index in [9.17, 15) is 5.11 Å². The van der Waals surface area contributed by atoms with Crippen LogP contribution < -0.4 is 19.9 Å². The molecule has 4 aromatic rings. The molecule has 210 valence electrons. The second-order valence-electron chi connectivity index (χ2n) is 10.2. The Morgan fingerprint density at radius 1 is 1.18 bits per heavy atom. The van der Waals surface area contributed by atoms with Gasteiger partial charge in [0.25, 0.3) is 0 Å². The first-order valence-corrected chi connectivity index (χ1v) is 13.5. The molecule has 3 aromatic heterocycles. The van der Waals surface area contributed by atoms with Crippen molar-refractivity contribution in [3.05, 3.63) is 63.8 Å². The summed E-state index contributed by atoms with van der Waals surface area (Å²) in [7, 11) is 5.86. The van der Waals surface area contributed by atoms with Crippen LogP contribution in [-0.4, -0.2) is 65.6 Å². The first-order valence-electron chi connectivity index (χ1n) is 13.1. The number of aryl methyl sites for hydroxylation is 2. The number of nitrogens with one attached hydrogen (secondary N) is 1. The largest absolute Gasteiger partial charge is 0.491 e. The van der Waals surface area contributed by atoms with Gasteiger partial charge >= 0.3 is 0 Å². The highest BCUT2D eigenvalue weighted by Crippen LogP contribution is 2.40. The summed E-state index contributed by atoms with van der Waals surface area (Å²) < 4.78 is 11.4. The Morgan fingerprint density at radius 2 is 1.98 bits per heavy atom. The lowest BCUT2D eigenvalue weighted by Gasteiger charge is -2.22. The van der Waals surface area contributed by atoms with Crippen molar-refractivity contribution in [2.75, 3.05) is 44.1 Å². The lowest BCUT2D eigenvalue weighted by atomic mass is 10.0. The molecule has 5 rings (SSSR count). The molecule has 1 aromatic carbocycles. The molecule has 0 amide bonds. The minimum atomic E-state index is -0.644. The predicted octanol–water partition coefficient (Wildman–Crippen LogP) is 4.32. The van der Waals surface area contributed by atoms with Crippen LogP contribution in [0.4, 0.5) is 11.5 Å². The molecule has 2 N–H and O–H groups in total. The number of ether oxygens (including phenoxy) is 1. The lowest BCUT2D eigenvalue weighted by Crippen LogP contribution is -2.29. The molecule has 40 heavy (non-hydrogen) atoms. The van der Waals surface area contributed by atoms with Crippen molar-refractivity contribution < 1.29 is 14.4 Å². The van der Waals surface area contributed by atoms with Gasteiger partial charge < -0.3 is 29.5 Å². The highest BCUT2D eigenvalue weighted by molar-refractivity contribution is 6.33. The number of likely N-dealkylation sites (N-methyl/N-ethyl adjacent to an activating group) is 1. The Hall–Kier alpha value is -3.73. The lowest BCUT2D eigenvalue weighted by molar-refractivity contribution is 0.108. The van der Waals surface area contributed by atoms with Crippen molar-refractivity contribution in [2.45, 2.75) is 40.0 Å². The Labute approximate surface area is 239 Å². The van der Waals surface area contributed by atoms with Crippen molar-refractivity contribution in [1.82, 2.24) is 25.4 Å². The van der Waals surface area contributed by atoms with Crippen LogP contribution in [0, 0.1) is 20.8 Å². The topological polar surface area (TPSA) is 113 Å². The third-order valence-electron chi connectivity index (χ3n) is 7.04. The van der Waals surface area contributed by atoms with Crippen LogP contribution in [0.3, 0.4) is 0 Å². The zero-order valence-electron chi connectivity index (χ0n) is 23.6. The van der Waals surface area contributed by atoms with Crippen LogP contribution in [-0.2, 0) is 13.1 Å². The van der Waals surface area contributed by atoms with E-state index in [-0.39, 0.29) is 6.61 Å². The molecule has 0 spiro atoms. The van der Waals surface area contributed by atoms with E-state index in [0.29, 0.717) is 47.6 Å². The van der Waals surface area contributed by atoms with Crippen molar-refractivity contribution in [3.63, 3.8) is 0 Å². The van der Waals surface area contributed by atoms with Gasteiger partial charge in [0.15, 0.2) is 5.82 Å². The number of hydrogen-bond donors (Lipinski definition) is 2. The summed E-state index contributed by atoms with van der Waals surface area (Å²) in [6.07, 6.45) is 1.21. The molecule has 1 aliphatic heterocycles. The van der Waals surface area contributed by atoms with E-state index in [2.05, 4.69) is 25.3 Å². The maximum Gasteiger partial charge on any atom is 0.163 e. The second-order valence-corrected chi connectivity index (χ2v) is 10.6. The zero-order chi connectivity index (χ0) is 28.6. The molecule has 0 fully saturated rings. The van der Waals surface area contributed by atoms with Crippen LogP contribution >= 0.6 is 11.6 Å². The SMILES string of the molecule is CNC[C@@H](O)COc1ccc(Cl)c(-c2nc(-c3c(C)noc3C)c(C)c(N3Cc4nccc(N(C)C)c4C3)n2)c1. The van der Waals surface area contributed by atoms with Gasteiger partial charge in [-0.3, -0.25) is 4.98 Å². The standard InChI is InChI=1S/C29H34ClN7O3/c1-16-27(26-17(2)35-40-18(26)3)33-28(21-11-20(7-8-23(21)30)39-15-19(38)12-31-4)34-29(16)37-13-22-24(14-37)32-10-9-25(22)36(5)6/h7-11,19,31,38H,12-15H2,1-6H3/t19-/m1/s1. The average molecular weight is 564 g/mol. The molecular formula is C29H34ClN7O3. The van der Waals surface area contributed by atoms with Crippen LogP contribution in [0.25, 0.3) is 22.6 Å². The number of benzene rings is 1. The Morgan fingerprint density at radius 3 is 2.67 bits per heavy atom. The van der Waals surface area contributed by atoms with E-state index in [4.69, 9.17) is 30.8 Å². The summed E-state index contributed by atoms with van der Waals surface area (Å²) in [5, 5.41) is 17.7. The van der Waals surface area contributed by atoms with Crippen LogP contribution in [0.1, 0.15) is 28.3 Å². The Bertz CT molecular complexity index is 1520. The zero-order valence-corrected chi connectivity index (χ0v) is 24.4. The van der Waals surface area contributed by atoms with E-state index in [1.165, 1.54) is 5.56 Å². The van der Waals surface area contributed by atoms with Gasteiger partial charge in [-0.25, -0.2) is 9.97 Å². The summed E-state index contributed by atoms with van der Waals surface area (Å²) in [4.78, 5) is 19.0. The maximum absolute atomic E-state index is 10.1. The molecule has 4 heterocycles. The molecule has 1 atom stereocenters. The number of pyridine rings is 1. The van der Waals surface area contributed by atoms with E-state index >= 15 is 0 Å². The molecule has 10 nitrogen and oxygen atoms in total. The maximum atomic E-state index is 10.1. The van der Waals surface area contributed by atoms with E-state index in [1.54, 1.807) is 19.2 Å². The summed E-state index contributed by atoms with van der Waals surface area (Å²) in [5.41, 5.74) is 7.21. The van der Waals surface area contributed by atoms with E-state index < -0.39 is 6.10 Å². The average Bonchev–Trinajstić information content (AvgIpc) is 3.51. The molecule has 1 aliphatic rings. The predicted molar refractivity (Wildman–Crippen MR) is 156 cm³/mol. The summed E-state index contributed by atoms with van der Waals surface area (Å²) in [6, 6.07) is 7.38. The number of aromatic nitrogens is 4. The van der Waals surface area contributed by atoms with Gasteiger partial charge in [0.1, 0.15) is 30.0 Å². The molecule has 0 unspecified atom stereocenters. The third kappa shape index (κ3) is 5.34. The van der Waals surface area contributed by atoms with Crippen molar-refractivity contribution >= 4 is 23.1 Å². The van der Waals surface area contributed by atoms with Gasteiger partial charge in [-0.1, -0.05) is 16.8 Å². The summed E-state index contributed by atoms with van der Waals surface area (Å²) in [6.45, 7) is 7.66. The highest BCUT2D eigenvalue weighted by Gasteiger charge is 2.29. The van der Waals surface area contributed by atoms with Crippen LogP contribution in [0.15, 0.2) is 35.0 Å². The van der Waals surface area contributed by atoms with E-state index in [1.807, 2.05) is 53.2 Å². The molecular weight excluding hydrogens is 530 g/mol. The van der Waals surface area contributed by atoms with E-state index in [0.717, 1.165) is 39.7 Å². The number of aliphatic hydroxyl groups is 1. The smallest absolute Gasteiger partial charge is 0.163 e. The number of halogens is 1. The Kier molecular flexibility index (Phi) is 7.93. The van der Waals surface area contributed by atoms with Crippen molar-refractivity contribution in [1.29, 1.82) is 0 Å². The Balaban J connectivity index is 1.61. The normalized spacial score (nSPS) is 13.4. The minimum absolute atomic E-state index is 0.138. The third-order valence-corrected chi connectivity index (χ3v) is 7.37. The number of anilines is 2. The summed E-state index contributed by atoms with van der Waals surface area (Å²) >= 11 is 6.71. The number of fused-ring (bicyclic) bond motifs is 1. The van der Waals surface area contributed by atoms with Crippen LogP contribution in [0.2, 0.25) is 5.02 Å². The molecule has 11 heteroatoms. The minimum Gasteiger partial charge on any atom is -0.491 e. The van der Waals surface area contributed by atoms with Crippen molar-refractivity contribution in [2.24, 2.45) is 0 Å². The molecule has 0 saturated heterocycles. The fraction of sp³-hybridized carbons (Fsp3) is 0.379. The monoisotopic (exact) mass is 563 g/mol. The number of nitrogens with zero attached hydrogens (tertiary/aromatic N) is 6. The van der Waals surface area contributed by atoms with Gasteiger partial charge in [-0.15, -0.1) is 0 Å². The van der Waals surface area contributed by atoms with Gasteiger partial charge in [0.2, 0.25) is 0 Å². The van der Waals surface area contributed by atoms with Crippen molar-refractivity contribution in [3.8, 4) is 28.4 Å². The van der Waals surface area contributed by atoms with Gasteiger partial charge in [0.05, 0.1) is 34.2 Å². The second kappa shape index (κ2) is 11.4. The van der Waals surface area contributed by atoms with Crippen LogP contribution in [0.5, 0.6) is 5.75 Å². The number of aliphatic hydroxyl groups excluding tert-OH is 1. The molecule has 0 aliphatic carbocycles. The number of hydrogen-bond acceptors (Lipinski definition) is 10. The first kappa shape index (κ1) is 27.8. The highest BCUT2D eigenvalue weighted by atomic mass is 35.5. The quantitative estimate of drug-likeness (QED) is 0.305. The summed E-state index contributed by atoms with van der Waals surface area (Å²) in [5.74, 6) is 2.49. The van der Waals surface area contributed by atoms with Gasteiger partial charge in [-0.2, -0.15) is 0 Å². The molecule has 0 saturated carbocycles. The van der Waals surface area contributed by atoms with Gasteiger partial charge in [0, 0.05) is 55.8 Å². The number of rotatable bonds is 9. The first-order chi connectivity index (χ1) is 19.2. The fourth-order valence-electron chi connectivity index (χ4n) is 5.08. The fourth-order valence-corrected chi connectivity index (χ4v) is 5.28. The molecule has 0 bridgehead atoms.